The Labute approximate surface area is 296 Å². The van der Waals surface area contributed by atoms with E-state index < -0.39 is 0 Å². The highest BCUT2D eigenvalue weighted by Gasteiger charge is 2.42. The predicted molar refractivity (Wildman–Crippen MR) is 200 cm³/mol. The molecule has 1 fully saturated rings. The van der Waals surface area contributed by atoms with E-state index in [4.69, 9.17) is 24.7 Å². The van der Waals surface area contributed by atoms with Crippen LogP contribution in [-0.2, 0) is 14.3 Å². The van der Waals surface area contributed by atoms with Crippen molar-refractivity contribution >= 4 is 50.9 Å². The van der Waals surface area contributed by atoms with Crippen LogP contribution in [0.5, 0.6) is 11.5 Å². The maximum absolute atomic E-state index is 13.6. The average Bonchev–Trinajstić information content (AvgIpc) is 3.87. The lowest BCUT2D eigenvalue weighted by Gasteiger charge is -2.18. The number of phenolic OH excluding ortho intramolecular Hbond substituents is 2. The third kappa shape index (κ3) is 4.97. The van der Waals surface area contributed by atoms with E-state index in [-0.39, 0.29) is 47.9 Å². The highest BCUT2D eigenvalue weighted by Crippen LogP contribution is 2.46. The van der Waals surface area contributed by atoms with Crippen LogP contribution in [-0.4, -0.2) is 51.9 Å². The van der Waals surface area contributed by atoms with Gasteiger partial charge in [0.05, 0.1) is 47.0 Å². The van der Waals surface area contributed by atoms with Gasteiger partial charge in [0.2, 0.25) is 0 Å². The number of rotatable bonds is 5. The summed E-state index contributed by atoms with van der Waals surface area (Å²) < 4.78 is 5.00. The smallest absolute Gasteiger partial charge is 0.305 e. The summed E-state index contributed by atoms with van der Waals surface area (Å²) in [5.74, 6) is -0.372. The molecule has 1 aliphatic carbocycles. The zero-order valence-electron chi connectivity index (χ0n) is 29.5. The number of nitrogens with zero attached hydrogens (tertiary/aromatic N) is 4. The van der Waals surface area contributed by atoms with Crippen molar-refractivity contribution < 1.29 is 24.5 Å². The number of carbonyl (C=O) groups is 2. The number of Topliss-reactive ketones (excluding diaryl/α,β-unsaturated/α-hetero) is 1. The summed E-state index contributed by atoms with van der Waals surface area (Å²) in [5.41, 5.74) is 12.8. The molecule has 5 aliphatic heterocycles. The van der Waals surface area contributed by atoms with Gasteiger partial charge in [0.1, 0.15) is 11.5 Å². The number of aliphatic imine (C=N–C) groups is 4. The van der Waals surface area contributed by atoms with Crippen molar-refractivity contribution in [3.8, 4) is 11.5 Å². The van der Waals surface area contributed by atoms with Crippen LogP contribution < -0.4 is 0 Å². The second-order valence-corrected chi connectivity index (χ2v) is 13.8. The molecule has 9 nitrogen and oxygen atoms in total. The molecule has 2 atom stereocenters. The number of carbonyl (C=O) groups excluding carboxylic acids is 2. The third-order valence-electron chi connectivity index (χ3n) is 11.1. The molecule has 0 unspecified atom stereocenters. The van der Waals surface area contributed by atoms with Crippen LogP contribution in [0.4, 0.5) is 0 Å². The molecular weight excluding hydrogens is 640 g/mol. The van der Waals surface area contributed by atoms with Gasteiger partial charge in [0.15, 0.2) is 5.78 Å². The molecule has 0 saturated heterocycles. The lowest BCUT2D eigenvalue weighted by Crippen LogP contribution is -2.17. The van der Waals surface area contributed by atoms with E-state index in [9.17, 15) is 19.8 Å². The maximum Gasteiger partial charge on any atom is 0.305 e. The largest absolute Gasteiger partial charge is 0.507 e. The SMILES string of the molecule is CCC1=C(C)C2=CC3=NC(=CC4=NC(=C5CC(=O)C6=C(C)C(=CC1=N2)N=C56)[C@@H](CCC(=O)OC)[C@@H]4C)C(C)=C3c1cccc2c(O)ccc(O)c12. The third-order valence-corrected chi connectivity index (χ3v) is 11.1. The van der Waals surface area contributed by atoms with Gasteiger partial charge in [-0.1, -0.05) is 32.0 Å². The van der Waals surface area contributed by atoms with E-state index in [1.54, 1.807) is 6.07 Å². The first-order chi connectivity index (χ1) is 24.5. The molecule has 6 aliphatic rings. The summed E-state index contributed by atoms with van der Waals surface area (Å²) in [5, 5.41) is 23.0. The molecule has 0 aromatic heterocycles. The minimum absolute atomic E-state index is 0.0221. The fourth-order valence-electron chi connectivity index (χ4n) is 8.28. The number of ether oxygens (including phenoxy) is 1. The minimum Gasteiger partial charge on any atom is -0.507 e. The Morgan fingerprint density at radius 3 is 2.31 bits per heavy atom. The number of aromatic hydroxyl groups is 2. The van der Waals surface area contributed by atoms with Gasteiger partial charge >= 0.3 is 5.97 Å². The first-order valence-corrected chi connectivity index (χ1v) is 17.4. The summed E-state index contributed by atoms with van der Waals surface area (Å²) in [6.45, 7) is 10.2. The van der Waals surface area contributed by atoms with Crippen LogP contribution in [0.25, 0.3) is 16.3 Å². The van der Waals surface area contributed by atoms with E-state index in [2.05, 4.69) is 20.8 Å². The van der Waals surface area contributed by atoms with E-state index >= 15 is 0 Å². The number of methoxy groups -OCH3 is 1. The van der Waals surface area contributed by atoms with E-state index in [0.717, 1.165) is 68.2 Å². The van der Waals surface area contributed by atoms with Crippen molar-refractivity contribution in [3.05, 3.63) is 110 Å². The predicted octanol–water partition coefficient (Wildman–Crippen LogP) is 7.98. The Bertz CT molecular complexity index is 2400. The Kier molecular flexibility index (Phi) is 7.63. The second-order valence-electron chi connectivity index (χ2n) is 13.8. The zero-order valence-corrected chi connectivity index (χ0v) is 29.5. The molecule has 51 heavy (non-hydrogen) atoms. The maximum atomic E-state index is 13.6. The number of hydrogen-bond acceptors (Lipinski definition) is 9. The van der Waals surface area contributed by atoms with Gasteiger partial charge in [-0.2, -0.15) is 0 Å². The molecule has 0 spiro atoms. The number of allylic oxidation sites excluding steroid dienone is 11. The Hall–Kier alpha value is -5.70. The minimum atomic E-state index is -0.295. The molecule has 5 heterocycles. The average molecular weight is 679 g/mol. The molecule has 9 heteroatoms. The van der Waals surface area contributed by atoms with E-state index in [0.29, 0.717) is 45.6 Å². The molecule has 2 N–H and O–H groups in total. The second kappa shape index (κ2) is 12.0. The summed E-state index contributed by atoms with van der Waals surface area (Å²) >= 11 is 0. The van der Waals surface area contributed by atoms with Crippen molar-refractivity contribution in [2.24, 2.45) is 31.8 Å². The molecule has 2 aromatic carbocycles. The standard InChI is InChI=1S/C42H38N4O5/c1-7-23-19(2)28-18-33-38(26-10-8-9-25-34(47)12-13-35(48)40(25)26)21(4)30(44-33)16-29-20(3)24(11-14-37(50)51-6)41(45-29)27-15-36(49)39-22(5)31(46-42(27)39)17-32(23)43-28/h8-10,12-13,16-18,20,24,47-48H,7,11,14-15H2,1-6H3/t20-,24-/m0/s1. The van der Waals surface area contributed by atoms with Crippen molar-refractivity contribution in [2.75, 3.05) is 7.11 Å². The Morgan fingerprint density at radius 1 is 0.863 bits per heavy atom. The van der Waals surface area contributed by atoms with Crippen LogP contribution in [0.1, 0.15) is 65.9 Å². The summed E-state index contributed by atoms with van der Waals surface area (Å²) in [4.78, 5) is 46.6. The van der Waals surface area contributed by atoms with E-state index in [1.807, 2.05) is 44.2 Å². The number of ketones is 1. The first-order valence-electron chi connectivity index (χ1n) is 17.4. The van der Waals surface area contributed by atoms with Gasteiger partial charge in [0, 0.05) is 57.9 Å². The van der Waals surface area contributed by atoms with Crippen LogP contribution in [0.2, 0.25) is 0 Å². The summed E-state index contributed by atoms with van der Waals surface area (Å²) in [6.07, 6.45) is 7.66. The van der Waals surface area contributed by atoms with Gasteiger partial charge in [-0.25, -0.2) is 15.0 Å². The lowest BCUT2D eigenvalue weighted by molar-refractivity contribution is -0.140. The quantitative estimate of drug-likeness (QED) is 0.244. The fraction of sp³-hybridized carbons (Fsp3) is 0.286. The number of benzene rings is 2. The van der Waals surface area contributed by atoms with Crippen molar-refractivity contribution in [3.63, 3.8) is 0 Å². The number of phenols is 2. The summed E-state index contributed by atoms with van der Waals surface area (Å²) in [6, 6.07) is 8.60. The van der Waals surface area contributed by atoms with Crippen LogP contribution in [0.3, 0.4) is 0 Å². The Balaban J connectivity index is 1.41. The number of hydrogen-bond donors (Lipinski definition) is 2. The van der Waals surface area contributed by atoms with Crippen LogP contribution in [0, 0.1) is 11.8 Å². The highest BCUT2D eigenvalue weighted by molar-refractivity contribution is 6.38. The van der Waals surface area contributed by atoms with Gasteiger partial charge in [0.25, 0.3) is 0 Å². The molecule has 0 radical (unpaired) electrons. The number of esters is 1. The van der Waals surface area contributed by atoms with E-state index in [1.165, 1.54) is 19.2 Å². The van der Waals surface area contributed by atoms with Gasteiger partial charge in [-0.3, -0.25) is 14.6 Å². The van der Waals surface area contributed by atoms with Crippen molar-refractivity contribution in [1.29, 1.82) is 0 Å². The molecule has 0 amide bonds. The van der Waals surface area contributed by atoms with Crippen molar-refractivity contribution in [2.45, 2.75) is 60.3 Å². The normalized spacial score (nSPS) is 22.5. The van der Waals surface area contributed by atoms with Gasteiger partial charge < -0.3 is 14.9 Å². The molecule has 256 valence electrons. The topological polar surface area (TPSA) is 133 Å². The molecule has 2 aromatic rings. The zero-order chi connectivity index (χ0) is 35.9. The molecule has 8 rings (SSSR count). The van der Waals surface area contributed by atoms with Crippen LogP contribution in [0.15, 0.2) is 125 Å². The number of fused-ring (bicyclic) bond motifs is 5. The van der Waals surface area contributed by atoms with Crippen LogP contribution >= 0.6 is 0 Å². The summed E-state index contributed by atoms with van der Waals surface area (Å²) in [7, 11) is 1.39. The van der Waals surface area contributed by atoms with Crippen molar-refractivity contribution in [1.82, 2.24) is 0 Å². The highest BCUT2D eigenvalue weighted by atomic mass is 16.5. The first kappa shape index (κ1) is 32.5. The van der Waals surface area contributed by atoms with Gasteiger partial charge in [-0.15, -0.1) is 0 Å². The molecule has 1 saturated carbocycles. The molecular formula is C42H38N4O5. The Morgan fingerprint density at radius 2 is 1.55 bits per heavy atom. The monoisotopic (exact) mass is 678 g/mol. The lowest BCUT2D eigenvalue weighted by atomic mass is 9.84. The fourth-order valence-corrected chi connectivity index (χ4v) is 8.28. The van der Waals surface area contributed by atoms with Gasteiger partial charge in [-0.05, 0) is 91.8 Å². The molecule has 8 bridgehead atoms.